The molecule has 46 heavy (non-hydrogen) atoms. The van der Waals surface area contributed by atoms with Crippen molar-refractivity contribution in [3.05, 3.63) is 132 Å². The smallest absolute Gasteiger partial charge is 0.264 e. The Morgan fingerprint density at radius 3 is 2.04 bits per heavy atom. The van der Waals surface area contributed by atoms with Gasteiger partial charge >= 0.3 is 0 Å². The fraction of sp³-hybridized carbons (Fsp3) is 0.297. The van der Waals surface area contributed by atoms with Gasteiger partial charge < -0.3 is 10.2 Å². The van der Waals surface area contributed by atoms with E-state index in [9.17, 15) is 22.4 Å². The average Bonchev–Trinajstić information content (AvgIpc) is 3.07. The van der Waals surface area contributed by atoms with Crippen molar-refractivity contribution in [3.8, 4) is 0 Å². The molecule has 5 rings (SSSR count). The van der Waals surface area contributed by atoms with E-state index in [0.717, 1.165) is 47.5 Å². The van der Waals surface area contributed by atoms with E-state index >= 15 is 0 Å². The molecule has 0 spiro atoms. The Hall–Kier alpha value is -4.50. The number of carbonyl (C=O) groups excluding carboxylic acids is 2. The zero-order chi connectivity index (χ0) is 32.5. The van der Waals surface area contributed by atoms with Gasteiger partial charge in [-0.2, -0.15) is 0 Å². The number of aryl methyl sites for hydroxylation is 1. The van der Waals surface area contributed by atoms with Gasteiger partial charge in [0.1, 0.15) is 18.4 Å². The Morgan fingerprint density at radius 2 is 1.41 bits per heavy atom. The summed E-state index contributed by atoms with van der Waals surface area (Å²) in [6, 6.07) is 29.2. The summed E-state index contributed by atoms with van der Waals surface area (Å²) in [6.07, 6.45) is 5.13. The normalized spacial score (nSPS) is 14.3. The number of benzene rings is 4. The van der Waals surface area contributed by atoms with Crippen LogP contribution < -0.4 is 9.62 Å². The van der Waals surface area contributed by atoms with Crippen LogP contribution in [-0.2, 0) is 32.6 Å². The highest BCUT2D eigenvalue weighted by molar-refractivity contribution is 7.92. The number of hydrogen-bond acceptors (Lipinski definition) is 4. The molecule has 9 heteroatoms. The van der Waals surface area contributed by atoms with Crippen LogP contribution in [0.2, 0.25) is 0 Å². The molecule has 1 atom stereocenters. The lowest BCUT2D eigenvalue weighted by molar-refractivity contribution is -0.140. The molecule has 2 amide bonds. The molecule has 1 aliphatic rings. The Balaban J connectivity index is 1.54. The Labute approximate surface area is 271 Å². The lowest BCUT2D eigenvalue weighted by Crippen LogP contribution is -2.55. The molecule has 0 aliphatic heterocycles. The minimum Gasteiger partial charge on any atom is -0.352 e. The molecule has 7 nitrogen and oxygen atoms in total. The van der Waals surface area contributed by atoms with Gasteiger partial charge in [0.05, 0.1) is 10.6 Å². The van der Waals surface area contributed by atoms with E-state index in [4.69, 9.17) is 0 Å². The largest absolute Gasteiger partial charge is 0.352 e. The second-order valence-electron chi connectivity index (χ2n) is 11.9. The number of halogens is 1. The van der Waals surface area contributed by atoms with Crippen molar-refractivity contribution in [2.75, 3.05) is 10.8 Å². The molecular weight excluding hydrogens is 601 g/mol. The van der Waals surface area contributed by atoms with Crippen LogP contribution in [0.25, 0.3) is 0 Å². The number of amides is 2. The first-order valence-electron chi connectivity index (χ1n) is 15.7. The predicted octanol–water partition coefficient (Wildman–Crippen LogP) is 6.42. The van der Waals surface area contributed by atoms with E-state index in [1.165, 1.54) is 29.2 Å². The van der Waals surface area contributed by atoms with Gasteiger partial charge in [-0.1, -0.05) is 97.6 Å². The standard InChI is InChI=1S/C37H40FN3O4S/c1-28-17-23-34(24-18-28)46(44,45)41(33-15-9-4-10-16-33)27-36(42)40(26-30-19-21-31(38)22-20-30)35(25-29-11-5-2-6-12-29)37(43)39-32-13-7-3-8-14-32/h2,4-6,9-12,15-24,32,35H,3,7-8,13-14,25-27H2,1H3,(H,39,43). The maximum atomic E-state index is 14.5. The third-order valence-corrected chi connectivity index (χ3v) is 10.2. The highest BCUT2D eigenvalue weighted by Gasteiger charge is 2.35. The Kier molecular flexibility index (Phi) is 10.9. The van der Waals surface area contributed by atoms with Gasteiger partial charge in [-0.3, -0.25) is 13.9 Å². The quantitative estimate of drug-likeness (QED) is 0.194. The van der Waals surface area contributed by atoms with Gasteiger partial charge in [0.2, 0.25) is 11.8 Å². The van der Waals surface area contributed by atoms with Crippen LogP contribution in [0.1, 0.15) is 48.8 Å². The van der Waals surface area contributed by atoms with E-state index < -0.39 is 34.3 Å². The van der Waals surface area contributed by atoms with Crippen molar-refractivity contribution in [2.24, 2.45) is 0 Å². The molecule has 240 valence electrons. The van der Waals surface area contributed by atoms with Crippen molar-refractivity contribution in [3.63, 3.8) is 0 Å². The summed E-state index contributed by atoms with van der Waals surface area (Å²) in [5, 5.41) is 3.19. The monoisotopic (exact) mass is 641 g/mol. The molecule has 0 bridgehead atoms. The Bertz CT molecular complexity index is 1690. The minimum atomic E-state index is -4.17. The summed E-state index contributed by atoms with van der Waals surface area (Å²) >= 11 is 0. The average molecular weight is 642 g/mol. The van der Waals surface area contributed by atoms with Crippen LogP contribution in [-0.4, -0.2) is 43.8 Å². The highest BCUT2D eigenvalue weighted by Crippen LogP contribution is 2.26. The van der Waals surface area contributed by atoms with Gasteiger partial charge in [-0.15, -0.1) is 0 Å². The number of para-hydroxylation sites is 1. The number of hydrogen-bond donors (Lipinski definition) is 1. The number of nitrogens with zero attached hydrogens (tertiary/aromatic N) is 2. The zero-order valence-corrected chi connectivity index (χ0v) is 26.8. The Morgan fingerprint density at radius 1 is 0.804 bits per heavy atom. The summed E-state index contributed by atoms with van der Waals surface area (Å²) < 4.78 is 43.1. The number of nitrogens with one attached hydrogen (secondary N) is 1. The second kappa shape index (κ2) is 15.2. The van der Waals surface area contributed by atoms with Crippen molar-refractivity contribution in [1.82, 2.24) is 10.2 Å². The molecular formula is C37H40FN3O4S. The third kappa shape index (κ3) is 8.40. The fourth-order valence-electron chi connectivity index (χ4n) is 5.85. The van der Waals surface area contributed by atoms with Crippen LogP contribution in [0.4, 0.5) is 10.1 Å². The molecule has 1 aliphatic carbocycles. The van der Waals surface area contributed by atoms with Crippen LogP contribution in [0, 0.1) is 12.7 Å². The molecule has 0 radical (unpaired) electrons. The van der Waals surface area contributed by atoms with Gasteiger partial charge in [0.15, 0.2) is 0 Å². The van der Waals surface area contributed by atoms with Crippen LogP contribution in [0.5, 0.6) is 0 Å². The lowest BCUT2D eigenvalue weighted by atomic mass is 9.94. The van der Waals surface area contributed by atoms with E-state index in [2.05, 4.69) is 5.32 Å². The minimum absolute atomic E-state index is 0.00466. The maximum Gasteiger partial charge on any atom is 0.264 e. The fourth-order valence-corrected chi connectivity index (χ4v) is 7.26. The van der Waals surface area contributed by atoms with Gasteiger partial charge in [-0.25, -0.2) is 12.8 Å². The molecule has 4 aromatic carbocycles. The van der Waals surface area contributed by atoms with Crippen LogP contribution in [0.3, 0.4) is 0 Å². The lowest BCUT2D eigenvalue weighted by Gasteiger charge is -2.35. The van der Waals surface area contributed by atoms with Crippen molar-refractivity contribution in [2.45, 2.75) is 69.0 Å². The predicted molar refractivity (Wildman–Crippen MR) is 178 cm³/mol. The summed E-state index contributed by atoms with van der Waals surface area (Å²) in [5.41, 5.74) is 2.70. The molecule has 0 aromatic heterocycles. The maximum absolute atomic E-state index is 14.5. The van der Waals surface area contributed by atoms with E-state index in [1.807, 2.05) is 37.3 Å². The van der Waals surface area contributed by atoms with Crippen molar-refractivity contribution in [1.29, 1.82) is 0 Å². The summed E-state index contributed by atoms with van der Waals surface area (Å²) in [6.45, 7) is 1.32. The molecule has 1 saturated carbocycles. The molecule has 0 heterocycles. The number of carbonyl (C=O) groups is 2. The molecule has 0 saturated heterocycles. The molecule has 4 aromatic rings. The first kappa shape index (κ1) is 32.9. The highest BCUT2D eigenvalue weighted by atomic mass is 32.2. The first-order valence-corrected chi connectivity index (χ1v) is 17.2. The van der Waals surface area contributed by atoms with E-state index in [-0.39, 0.29) is 29.8 Å². The molecule has 1 unspecified atom stereocenters. The summed E-state index contributed by atoms with van der Waals surface area (Å²) in [4.78, 5) is 30.1. The topological polar surface area (TPSA) is 86.8 Å². The number of sulfonamides is 1. The summed E-state index contributed by atoms with van der Waals surface area (Å²) in [7, 11) is -4.17. The van der Waals surface area contributed by atoms with E-state index in [0.29, 0.717) is 11.3 Å². The van der Waals surface area contributed by atoms with Crippen LogP contribution in [0.15, 0.2) is 114 Å². The van der Waals surface area contributed by atoms with Crippen LogP contribution >= 0.6 is 0 Å². The van der Waals surface area contributed by atoms with Gasteiger partial charge in [0.25, 0.3) is 10.0 Å². The third-order valence-electron chi connectivity index (χ3n) is 8.42. The number of rotatable bonds is 12. The van der Waals surface area contributed by atoms with Crippen molar-refractivity contribution >= 4 is 27.5 Å². The second-order valence-corrected chi connectivity index (χ2v) is 13.7. The van der Waals surface area contributed by atoms with Gasteiger partial charge in [0, 0.05) is 19.0 Å². The molecule has 1 N–H and O–H groups in total. The number of anilines is 1. The van der Waals surface area contributed by atoms with Crippen molar-refractivity contribution < 1.29 is 22.4 Å². The summed E-state index contributed by atoms with van der Waals surface area (Å²) in [5.74, 6) is -1.26. The van der Waals surface area contributed by atoms with E-state index in [1.54, 1.807) is 54.6 Å². The molecule has 1 fully saturated rings. The zero-order valence-electron chi connectivity index (χ0n) is 26.0. The first-order chi connectivity index (χ1) is 22.2. The van der Waals surface area contributed by atoms with Gasteiger partial charge in [-0.05, 0) is 67.3 Å². The SMILES string of the molecule is Cc1ccc(S(=O)(=O)N(CC(=O)N(Cc2ccc(F)cc2)C(Cc2ccccc2)C(=O)NC2CCCCC2)c2ccccc2)cc1.